The quantitative estimate of drug-likeness (QED) is 0.600. The first kappa shape index (κ1) is 19.2. The van der Waals surface area contributed by atoms with Crippen molar-refractivity contribution < 1.29 is 14.3 Å². The van der Waals surface area contributed by atoms with Crippen LogP contribution in [0.5, 0.6) is 0 Å². The molecule has 0 radical (unpaired) electrons. The van der Waals surface area contributed by atoms with E-state index >= 15 is 0 Å². The fraction of sp³-hybridized carbons (Fsp3) is 0.476. The molecule has 2 aromatic heterocycles. The average molecular weight is 430 g/mol. The molecule has 8 nitrogen and oxygen atoms in total. The normalized spacial score (nSPS) is 24.2. The molecule has 0 spiro atoms. The molecule has 3 aromatic rings. The van der Waals surface area contributed by atoms with Crippen LogP contribution < -0.4 is 10.6 Å². The first-order valence-corrected chi connectivity index (χ1v) is 10.4. The molecule has 3 N–H and O–H groups in total. The number of anilines is 2. The Labute approximate surface area is 178 Å². The Morgan fingerprint density at radius 2 is 2.03 bits per heavy atom. The lowest BCUT2D eigenvalue weighted by Gasteiger charge is -2.37. The highest BCUT2D eigenvalue weighted by molar-refractivity contribution is 6.31. The van der Waals surface area contributed by atoms with Gasteiger partial charge in [-0.3, -0.25) is 0 Å². The van der Waals surface area contributed by atoms with Gasteiger partial charge in [0, 0.05) is 47.9 Å². The van der Waals surface area contributed by atoms with Gasteiger partial charge in [0.2, 0.25) is 5.95 Å². The van der Waals surface area contributed by atoms with E-state index in [1.807, 2.05) is 12.1 Å². The number of nitrogens with two attached hydrogens (primary N) is 1. The third-order valence-corrected chi connectivity index (χ3v) is 6.61. The standard InChI is InChI=1S/C21H24ClN5O3/c1-21(2,3)17-13-9-26(7-10(13)8-27(17)20(28)29)18-16-15(24-19(23)25-18)12-6-11(22)4-5-14(12)30-16/h4-6,10,13,17H,7-9H2,1-3H3,(H,28,29)(H2,23,24,25)/t10-,13-,17?/m1/s1. The Balaban J connectivity index is 1.57. The number of hydrogen-bond donors (Lipinski definition) is 2. The van der Waals surface area contributed by atoms with Gasteiger partial charge in [-0.25, -0.2) is 9.78 Å². The maximum absolute atomic E-state index is 11.8. The maximum Gasteiger partial charge on any atom is 0.407 e. The van der Waals surface area contributed by atoms with Crippen molar-refractivity contribution in [2.45, 2.75) is 26.8 Å². The summed E-state index contributed by atoms with van der Waals surface area (Å²) in [5, 5.41) is 11.1. The molecule has 4 heterocycles. The lowest BCUT2D eigenvalue weighted by Crippen LogP contribution is -2.47. The highest BCUT2D eigenvalue weighted by Crippen LogP contribution is 2.46. The van der Waals surface area contributed by atoms with Crippen LogP contribution in [-0.4, -0.2) is 51.7 Å². The van der Waals surface area contributed by atoms with Gasteiger partial charge in [-0.1, -0.05) is 32.4 Å². The van der Waals surface area contributed by atoms with Crippen LogP contribution in [0.4, 0.5) is 16.6 Å². The van der Waals surface area contributed by atoms with Crippen molar-refractivity contribution in [1.82, 2.24) is 14.9 Å². The number of fused-ring (bicyclic) bond motifs is 4. The lowest BCUT2D eigenvalue weighted by atomic mass is 9.78. The van der Waals surface area contributed by atoms with Crippen LogP contribution in [0, 0.1) is 17.3 Å². The molecule has 9 heteroatoms. The van der Waals surface area contributed by atoms with Crippen molar-refractivity contribution in [3.63, 3.8) is 0 Å². The van der Waals surface area contributed by atoms with Crippen molar-refractivity contribution in [2.75, 3.05) is 30.3 Å². The third kappa shape index (κ3) is 2.85. The zero-order valence-electron chi connectivity index (χ0n) is 17.1. The number of nitrogens with zero attached hydrogens (tertiary/aromatic N) is 4. The predicted molar refractivity (Wildman–Crippen MR) is 116 cm³/mol. The summed E-state index contributed by atoms with van der Waals surface area (Å²) in [7, 11) is 0. The first-order valence-electron chi connectivity index (χ1n) is 10.0. The first-order chi connectivity index (χ1) is 14.1. The van der Waals surface area contributed by atoms with Crippen LogP contribution in [0.15, 0.2) is 22.6 Å². The van der Waals surface area contributed by atoms with E-state index in [-0.39, 0.29) is 29.2 Å². The average Bonchev–Trinajstić information content (AvgIpc) is 3.30. The van der Waals surface area contributed by atoms with E-state index in [4.69, 9.17) is 21.8 Å². The maximum atomic E-state index is 11.8. The summed E-state index contributed by atoms with van der Waals surface area (Å²) in [6, 6.07) is 5.35. The molecule has 1 unspecified atom stereocenters. The monoisotopic (exact) mass is 429 g/mol. The van der Waals surface area contributed by atoms with Gasteiger partial charge in [-0.2, -0.15) is 4.98 Å². The molecule has 2 saturated heterocycles. The predicted octanol–water partition coefficient (Wildman–Crippen LogP) is 4.07. The number of carbonyl (C=O) groups is 1. The van der Waals surface area contributed by atoms with Crippen LogP contribution in [0.2, 0.25) is 5.02 Å². The number of carboxylic acid groups (broad SMARTS) is 1. The zero-order valence-corrected chi connectivity index (χ0v) is 17.8. The largest absolute Gasteiger partial charge is 0.465 e. The molecule has 2 aliphatic rings. The summed E-state index contributed by atoms with van der Waals surface area (Å²) in [6.45, 7) is 8.22. The second-order valence-electron chi connectivity index (χ2n) is 9.40. The molecule has 2 aliphatic heterocycles. The van der Waals surface area contributed by atoms with Gasteiger partial charge in [0.15, 0.2) is 11.4 Å². The SMILES string of the molecule is CC(C)(C)C1[C@@H]2CN(c3nc(N)nc4c3oc3ccc(Cl)cc34)C[C@@H]2CN1C(=O)O. The molecule has 158 valence electrons. The lowest BCUT2D eigenvalue weighted by molar-refractivity contribution is 0.0926. The van der Waals surface area contributed by atoms with Gasteiger partial charge in [0.1, 0.15) is 11.1 Å². The summed E-state index contributed by atoms with van der Waals surface area (Å²) in [6.07, 6.45) is -0.848. The number of aromatic nitrogens is 2. The third-order valence-electron chi connectivity index (χ3n) is 6.37. The van der Waals surface area contributed by atoms with Gasteiger partial charge in [0.05, 0.1) is 0 Å². The smallest absolute Gasteiger partial charge is 0.407 e. The summed E-state index contributed by atoms with van der Waals surface area (Å²) >= 11 is 6.17. The molecule has 2 fully saturated rings. The van der Waals surface area contributed by atoms with E-state index in [9.17, 15) is 9.90 Å². The molecule has 1 amide bonds. The van der Waals surface area contributed by atoms with Crippen LogP contribution in [0.25, 0.3) is 22.1 Å². The molecule has 0 aliphatic carbocycles. The Kier molecular flexibility index (Phi) is 4.09. The van der Waals surface area contributed by atoms with E-state index < -0.39 is 6.09 Å². The molecule has 0 saturated carbocycles. The number of benzene rings is 1. The molecule has 3 atom stereocenters. The zero-order chi connectivity index (χ0) is 21.4. The molecule has 5 rings (SSSR count). The van der Waals surface area contributed by atoms with Crippen molar-refractivity contribution >= 4 is 51.5 Å². The minimum absolute atomic E-state index is 0.0610. The topological polar surface area (TPSA) is 109 Å². The van der Waals surface area contributed by atoms with Crippen molar-refractivity contribution in [2.24, 2.45) is 17.3 Å². The van der Waals surface area contributed by atoms with Crippen LogP contribution >= 0.6 is 11.6 Å². The highest BCUT2D eigenvalue weighted by atomic mass is 35.5. The molecular formula is C21H24ClN5O3. The Bertz CT molecular complexity index is 1170. The molecule has 30 heavy (non-hydrogen) atoms. The number of rotatable bonds is 1. The fourth-order valence-electron chi connectivity index (χ4n) is 5.36. The summed E-state index contributed by atoms with van der Waals surface area (Å²) in [5.41, 5.74) is 7.79. The molecule has 0 bridgehead atoms. The second-order valence-corrected chi connectivity index (χ2v) is 9.84. The van der Waals surface area contributed by atoms with Crippen molar-refractivity contribution in [1.29, 1.82) is 0 Å². The Morgan fingerprint density at radius 3 is 2.73 bits per heavy atom. The molecular weight excluding hydrogens is 406 g/mol. The minimum atomic E-state index is -0.848. The highest BCUT2D eigenvalue weighted by Gasteiger charge is 2.53. The van der Waals surface area contributed by atoms with Gasteiger partial charge >= 0.3 is 6.09 Å². The Morgan fingerprint density at radius 1 is 1.27 bits per heavy atom. The van der Waals surface area contributed by atoms with Gasteiger partial charge < -0.3 is 25.1 Å². The van der Waals surface area contributed by atoms with E-state index in [2.05, 4.69) is 35.6 Å². The summed E-state index contributed by atoms with van der Waals surface area (Å²) in [4.78, 5) is 24.5. The van der Waals surface area contributed by atoms with Crippen LogP contribution in [0.1, 0.15) is 20.8 Å². The Hall–Kier alpha value is -2.74. The van der Waals surface area contributed by atoms with Crippen LogP contribution in [-0.2, 0) is 0 Å². The van der Waals surface area contributed by atoms with E-state index in [0.29, 0.717) is 47.2 Å². The van der Waals surface area contributed by atoms with Crippen molar-refractivity contribution in [3.05, 3.63) is 23.2 Å². The summed E-state index contributed by atoms with van der Waals surface area (Å²) in [5.74, 6) is 1.28. The van der Waals surface area contributed by atoms with Gasteiger partial charge in [-0.15, -0.1) is 0 Å². The molecule has 1 aromatic carbocycles. The fourth-order valence-corrected chi connectivity index (χ4v) is 5.53. The van der Waals surface area contributed by atoms with E-state index in [1.54, 1.807) is 11.0 Å². The number of nitrogen functional groups attached to an aromatic ring is 1. The number of amides is 1. The van der Waals surface area contributed by atoms with Gasteiger partial charge in [0.25, 0.3) is 0 Å². The van der Waals surface area contributed by atoms with Crippen molar-refractivity contribution in [3.8, 4) is 0 Å². The minimum Gasteiger partial charge on any atom is -0.465 e. The van der Waals surface area contributed by atoms with E-state index in [1.165, 1.54) is 0 Å². The number of halogens is 1. The number of furan rings is 1. The number of likely N-dealkylation sites (tertiary alicyclic amines) is 1. The van der Waals surface area contributed by atoms with Gasteiger partial charge in [-0.05, 0) is 23.6 Å². The van der Waals surface area contributed by atoms with E-state index in [0.717, 1.165) is 5.39 Å². The number of hydrogen-bond acceptors (Lipinski definition) is 6. The van der Waals surface area contributed by atoms with Crippen LogP contribution in [0.3, 0.4) is 0 Å². The second kappa shape index (κ2) is 6.38. The summed E-state index contributed by atoms with van der Waals surface area (Å²) < 4.78 is 6.10.